The molecular formula is C14H23N3O3S2. The van der Waals surface area contributed by atoms with E-state index in [2.05, 4.69) is 21.5 Å². The summed E-state index contributed by atoms with van der Waals surface area (Å²) in [7, 11) is -3.10. The molecule has 1 atom stereocenters. The molecule has 0 unspecified atom stereocenters. The van der Waals surface area contributed by atoms with Gasteiger partial charge in [0.05, 0.1) is 29.7 Å². The van der Waals surface area contributed by atoms with E-state index in [9.17, 15) is 8.42 Å². The Morgan fingerprint density at radius 2 is 2.32 bits per heavy atom. The van der Waals surface area contributed by atoms with E-state index in [1.54, 1.807) is 11.3 Å². The van der Waals surface area contributed by atoms with Crippen LogP contribution >= 0.6 is 11.3 Å². The molecule has 124 valence electrons. The summed E-state index contributed by atoms with van der Waals surface area (Å²) < 4.78 is 30.9. The highest BCUT2D eigenvalue weighted by atomic mass is 32.2. The Hall–Kier alpha value is -0.540. The number of aryl methyl sites for hydroxylation is 1. The molecule has 1 N–H and O–H groups in total. The minimum absolute atomic E-state index is 0.000181. The van der Waals surface area contributed by atoms with Crippen molar-refractivity contribution < 1.29 is 13.2 Å². The highest BCUT2D eigenvalue weighted by molar-refractivity contribution is 7.88. The second-order valence-corrected chi connectivity index (χ2v) is 9.30. The fraction of sp³-hybridized carbons (Fsp3) is 0.786. The molecule has 0 radical (unpaired) electrons. The SMILES string of the molecule is Cc1ncsc1CN1CC2(CC[C@H](CNS(C)(=O)=O)CO2)C1. The molecule has 0 saturated carbocycles. The van der Waals surface area contributed by atoms with Crippen molar-refractivity contribution in [1.82, 2.24) is 14.6 Å². The molecule has 2 aliphatic rings. The number of nitrogens with zero attached hydrogens (tertiary/aromatic N) is 2. The lowest BCUT2D eigenvalue weighted by atomic mass is 9.83. The summed E-state index contributed by atoms with van der Waals surface area (Å²) >= 11 is 1.71. The fourth-order valence-corrected chi connectivity index (χ4v) is 4.52. The van der Waals surface area contributed by atoms with Gasteiger partial charge in [-0.2, -0.15) is 0 Å². The molecule has 1 spiro atoms. The first-order chi connectivity index (χ1) is 10.4. The molecule has 22 heavy (non-hydrogen) atoms. The van der Waals surface area contributed by atoms with Crippen LogP contribution < -0.4 is 4.72 Å². The molecule has 0 aliphatic carbocycles. The first kappa shape index (κ1) is 16.3. The van der Waals surface area contributed by atoms with Crippen LogP contribution in [0.2, 0.25) is 0 Å². The summed E-state index contributed by atoms with van der Waals surface area (Å²) in [5, 5.41) is 0. The summed E-state index contributed by atoms with van der Waals surface area (Å²) in [5.74, 6) is 0.290. The fourth-order valence-electron chi connectivity index (χ4n) is 3.16. The lowest BCUT2D eigenvalue weighted by Gasteiger charge is -2.52. The average Bonchev–Trinajstić information content (AvgIpc) is 2.81. The monoisotopic (exact) mass is 345 g/mol. The van der Waals surface area contributed by atoms with Crippen molar-refractivity contribution in [2.75, 3.05) is 32.5 Å². The molecule has 6 nitrogen and oxygen atoms in total. The molecule has 1 aromatic heterocycles. The summed E-state index contributed by atoms with van der Waals surface area (Å²) in [6, 6.07) is 0. The summed E-state index contributed by atoms with van der Waals surface area (Å²) in [5.41, 5.74) is 3.03. The molecular weight excluding hydrogens is 322 g/mol. The zero-order valence-corrected chi connectivity index (χ0v) is 14.7. The van der Waals surface area contributed by atoms with Crippen molar-refractivity contribution in [1.29, 1.82) is 0 Å². The van der Waals surface area contributed by atoms with Gasteiger partial charge in [0.15, 0.2) is 0 Å². The van der Waals surface area contributed by atoms with Gasteiger partial charge in [0, 0.05) is 31.1 Å². The van der Waals surface area contributed by atoms with Gasteiger partial charge < -0.3 is 4.74 Å². The maximum absolute atomic E-state index is 11.1. The first-order valence-electron chi connectivity index (χ1n) is 7.55. The predicted molar refractivity (Wildman–Crippen MR) is 86.4 cm³/mol. The molecule has 0 amide bonds. The summed E-state index contributed by atoms with van der Waals surface area (Å²) in [6.45, 7) is 6.08. The first-order valence-corrected chi connectivity index (χ1v) is 10.3. The third-order valence-corrected chi connectivity index (χ3v) is 6.11. The Balaban J connectivity index is 1.42. The molecule has 2 aliphatic heterocycles. The van der Waals surface area contributed by atoms with Crippen molar-refractivity contribution in [3.63, 3.8) is 0 Å². The third-order valence-electron chi connectivity index (χ3n) is 4.50. The topological polar surface area (TPSA) is 71.5 Å². The predicted octanol–water partition coefficient (Wildman–Crippen LogP) is 0.982. The van der Waals surface area contributed by atoms with Crippen LogP contribution in [0.5, 0.6) is 0 Å². The van der Waals surface area contributed by atoms with Gasteiger partial charge in [-0.05, 0) is 25.7 Å². The van der Waals surface area contributed by atoms with Crippen LogP contribution in [0.3, 0.4) is 0 Å². The van der Waals surface area contributed by atoms with Crippen molar-refractivity contribution in [3.8, 4) is 0 Å². The van der Waals surface area contributed by atoms with Gasteiger partial charge in [0.2, 0.25) is 10.0 Å². The maximum atomic E-state index is 11.1. The Morgan fingerprint density at radius 1 is 1.55 bits per heavy atom. The standard InChI is InChI=1S/C14H23N3O3S2/c1-11-13(21-10-15-11)6-17-8-14(9-17)4-3-12(7-20-14)5-16-22(2,18)19/h10,12,16H,3-9H2,1-2H3/t12-/m1/s1. The van der Waals surface area contributed by atoms with Gasteiger partial charge in [-0.1, -0.05) is 0 Å². The van der Waals surface area contributed by atoms with Gasteiger partial charge in [0.25, 0.3) is 0 Å². The van der Waals surface area contributed by atoms with Gasteiger partial charge >= 0.3 is 0 Å². The third kappa shape index (κ3) is 3.86. The Bertz CT molecular complexity index is 613. The number of aromatic nitrogens is 1. The molecule has 3 heterocycles. The highest BCUT2D eigenvalue weighted by Crippen LogP contribution is 2.37. The average molecular weight is 345 g/mol. The van der Waals surface area contributed by atoms with E-state index in [1.165, 1.54) is 11.1 Å². The Morgan fingerprint density at radius 3 is 2.86 bits per heavy atom. The Labute approximate surface area is 135 Å². The van der Waals surface area contributed by atoms with Gasteiger partial charge in [-0.15, -0.1) is 11.3 Å². The van der Waals surface area contributed by atoms with Crippen molar-refractivity contribution >= 4 is 21.4 Å². The van der Waals surface area contributed by atoms with Crippen molar-refractivity contribution in [3.05, 3.63) is 16.1 Å². The number of nitrogens with one attached hydrogen (secondary N) is 1. The number of hydrogen-bond acceptors (Lipinski definition) is 6. The molecule has 0 aromatic carbocycles. The van der Waals surface area contributed by atoms with Crippen LogP contribution in [0, 0.1) is 12.8 Å². The van der Waals surface area contributed by atoms with Crippen LogP contribution in [0.4, 0.5) is 0 Å². The molecule has 2 fully saturated rings. The van der Waals surface area contributed by atoms with Crippen LogP contribution in [0.1, 0.15) is 23.4 Å². The van der Waals surface area contributed by atoms with Gasteiger partial charge in [-0.25, -0.2) is 18.1 Å². The second-order valence-electron chi connectivity index (χ2n) is 6.53. The highest BCUT2D eigenvalue weighted by Gasteiger charge is 2.46. The van der Waals surface area contributed by atoms with Crippen LogP contribution in [-0.4, -0.2) is 56.4 Å². The van der Waals surface area contributed by atoms with E-state index in [1.807, 2.05) is 5.51 Å². The van der Waals surface area contributed by atoms with E-state index in [0.29, 0.717) is 13.2 Å². The van der Waals surface area contributed by atoms with Crippen LogP contribution in [0.15, 0.2) is 5.51 Å². The van der Waals surface area contributed by atoms with Crippen molar-refractivity contribution in [2.45, 2.75) is 31.9 Å². The molecule has 3 rings (SSSR count). The number of thiazole rings is 1. The lowest BCUT2D eigenvalue weighted by molar-refractivity contribution is -0.180. The number of rotatable bonds is 5. The zero-order valence-electron chi connectivity index (χ0n) is 13.0. The zero-order chi connectivity index (χ0) is 15.8. The number of hydrogen-bond donors (Lipinski definition) is 1. The summed E-state index contributed by atoms with van der Waals surface area (Å²) in [6.07, 6.45) is 3.24. The van der Waals surface area contributed by atoms with E-state index in [4.69, 9.17) is 4.74 Å². The normalized spacial score (nSPS) is 25.3. The largest absolute Gasteiger partial charge is 0.372 e. The maximum Gasteiger partial charge on any atom is 0.208 e. The van der Waals surface area contributed by atoms with Crippen LogP contribution in [-0.2, 0) is 21.3 Å². The quantitative estimate of drug-likeness (QED) is 0.861. The van der Waals surface area contributed by atoms with E-state index >= 15 is 0 Å². The van der Waals surface area contributed by atoms with E-state index < -0.39 is 10.0 Å². The lowest BCUT2D eigenvalue weighted by Crippen LogP contribution is -2.64. The second kappa shape index (κ2) is 6.16. The van der Waals surface area contributed by atoms with E-state index in [-0.39, 0.29) is 11.5 Å². The molecule has 8 heteroatoms. The molecule has 0 bridgehead atoms. The van der Waals surface area contributed by atoms with Gasteiger partial charge in [0.1, 0.15) is 0 Å². The smallest absolute Gasteiger partial charge is 0.208 e. The van der Waals surface area contributed by atoms with E-state index in [0.717, 1.165) is 38.2 Å². The number of ether oxygens (including phenoxy) is 1. The Kier molecular flexibility index (Phi) is 4.57. The minimum Gasteiger partial charge on any atom is -0.372 e. The number of likely N-dealkylation sites (tertiary alicyclic amines) is 1. The molecule has 2 saturated heterocycles. The molecule has 1 aromatic rings. The summed E-state index contributed by atoms with van der Waals surface area (Å²) in [4.78, 5) is 8.02. The van der Waals surface area contributed by atoms with Crippen molar-refractivity contribution in [2.24, 2.45) is 5.92 Å². The minimum atomic E-state index is -3.10. The van der Waals surface area contributed by atoms with Gasteiger partial charge in [-0.3, -0.25) is 4.90 Å². The number of sulfonamides is 1. The van der Waals surface area contributed by atoms with Crippen LogP contribution in [0.25, 0.3) is 0 Å².